The van der Waals surface area contributed by atoms with Crippen LogP contribution in [-0.2, 0) is 11.2 Å². The number of carbonyl (C=O) groups is 3. The smallest absolute Gasteiger partial charge is 0.337 e. The predicted molar refractivity (Wildman–Crippen MR) is 175 cm³/mol. The minimum atomic E-state index is -1.10. The van der Waals surface area contributed by atoms with Gasteiger partial charge < -0.3 is 25.2 Å². The Hall–Kier alpha value is -5.15. The molecule has 0 bridgehead atoms. The van der Waals surface area contributed by atoms with Crippen LogP contribution < -0.4 is 20.1 Å². The molecule has 0 aliphatic heterocycles. The second-order valence-corrected chi connectivity index (χ2v) is 12.1. The fourth-order valence-corrected chi connectivity index (χ4v) is 6.39. The van der Waals surface area contributed by atoms with Gasteiger partial charge in [0.05, 0.1) is 28.7 Å². The van der Waals surface area contributed by atoms with Crippen molar-refractivity contribution in [1.82, 2.24) is 5.32 Å². The van der Waals surface area contributed by atoms with E-state index in [0.717, 1.165) is 52.0 Å². The molecule has 6 rings (SSSR count). The van der Waals surface area contributed by atoms with Gasteiger partial charge in [-0.1, -0.05) is 42.5 Å². The number of fused-ring (bicyclic) bond motifs is 1. The SMILES string of the molecule is O=C(Cc1ccc(Oc2ccc(OC3CCC(NC(=O)c4cc5ccccc5s4)CC3)cc2)cc1)Nc1ccccc1C(=O)O. The molecule has 1 aliphatic carbocycles. The first-order chi connectivity index (χ1) is 21.9. The van der Waals surface area contributed by atoms with E-state index < -0.39 is 5.97 Å². The molecule has 5 aromatic rings. The van der Waals surface area contributed by atoms with Crippen LogP contribution in [0.2, 0.25) is 0 Å². The minimum Gasteiger partial charge on any atom is -0.490 e. The average molecular weight is 621 g/mol. The molecule has 1 heterocycles. The summed E-state index contributed by atoms with van der Waals surface area (Å²) in [6.07, 6.45) is 3.67. The summed E-state index contributed by atoms with van der Waals surface area (Å²) in [5, 5.41) is 16.3. The molecule has 8 nitrogen and oxygen atoms in total. The zero-order valence-corrected chi connectivity index (χ0v) is 25.2. The summed E-state index contributed by atoms with van der Waals surface area (Å²) in [6.45, 7) is 0. The van der Waals surface area contributed by atoms with Crippen LogP contribution in [0.25, 0.3) is 10.1 Å². The maximum Gasteiger partial charge on any atom is 0.337 e. The van der Waals surface area contributed by atoms with Gasteiger partial charge >= 0.3 is 5.97 Å². The maximum atomic E-state index is 12.8. The highest BCUT2D eigenvalue weighted by Gasteiger charge is 2.24. The highest BCUT2D eigenvalue weighted by molar-refractivity contribution is 7.20. The molecule has 228 valence electrons. The van der Waals surface area contributed by atoms with E-state index in [-0.39, 0.29) is 41.6 Å². The average Bonchev–Trinajstić information content (AvgIpc) is 3.49. The first-order valence-corrected chi connectivity index (χ1v) is 15.7. The van der Waals surface area contributed by atoms with E-state index in [9.17, 15) is 19.5 Å². The zero-order valence-electron chi connectivity index (χ0n) is 24.4. The third-order valence-corrected chi connectivity index (χ3v) is 8.86. The molecule has 0 unspecified atom stereocenters. The van der Waals surface area contributed by atoms with Gasteiger partial charge in [-0.05, 0) is 97.3 Å². The van der Waals surface area contributed by atoms with Gasteiger partial charge in [-0.3, -0.25) is 9.59 Å². The largest absolute Gasteiger partial charge is 0.490 e. The fraction of sp³-hybridized carbons (Fsp3) is 0.194. The monoisotopic (exact) mass is 620 g/mol. The van der Waals surface area contributed by atoms with Gasteiger partial charge in [-0.2, -0.15) is 0 Å². The second-order valence-electron chi connectivity index (χ2n) is 11.0. The molecule has 2 amide bonds. The van der Waals surface area contributed by atoms with Crippen LogP contribution in [0.15, 0.2) is 103 Å². The van der Waals surface area contributed by atoms with E-state index in [2.05, 4.69) is 10.6 Å². The standard InChI is InChI=1S/C36H32N2O6S/c39-34(38-31-7-3-2-6-30(31)36(41)42)21-23-9-13-26(14-10-23)43-28-17-19-29(20-18-28)44-27-15-11-25(12-16-27)37-35(40)33-22-24-5-1-4-8-32(24)45-33/h1-10,13-14,17-20,22,25,27H,11-12,15-16,21H2,(H,37,40)(H,38,39)(H,41,42). The summed E-state index contributed by atoms with van der Waals surface area (Å²) in [4.78, 5) is 37.4. The molecule has 3 N–H and O–H groups in total. The van der Waals surface area contributed by atoms with Gasteiger partial charge in [0.2, 0.25) is 5.91 Å². The van der Waals surface area contributed by atoms with Crippen molar-refractivity contribution in [3.63, 3.8) is 0 Å². The van der Waals surface area contributed by atoms with E-state index >= 15 is 0 Å². The number of rotatable bonds is 10. The van der Waals surface area contributed by atoms with Gasteiger partial charge in [0.15, 0.2) is 0 Å². The number of aromatic carboxylic acids is 1. The molecule has 0 spiro atoms. The second kappa shape index (κ2) is 13.7. The van der Waals surface area contributed by atoms with Gasteiger partial charge in [0.25, 0.3) is 5.91 Å². The summed E-state index contributed by atoms with van der Waals surface area (Å²) in [7, 11) is 0. The van der Waals surface area contributed by atoms with Crippen LogP contribution in [0.3, 0.4) is 0 Å². The Morgan fingerprint density at radius 3 is 2.13 bits per heavy atom. The molecule has 0 radical (unpaired) electrons. The van der Waals surface area contributed by atoms with Gasteiger partial charge in [-0.25, -0.2) is 4.79 Å². The van der Waals surface area contributed by atoms with Crippen molar-refractivity contribution in [3.8, 4) is 17.2 Å². The van der Waals surface area contributed by atoms with Gasteiger partial charge in [0, 0.05) is 10.7 Å². The number of carbonyl (C=O) groups excluding carboxylic acids is 2. The number of carboxylic acids is 1. The number of amides is 2. The molecule has 9 heteroatoms. The first kappa shape index (κ1) is 29.9. The molecule has 1 aromatic heterocycles. The Morgan fingerprint density at radius 1 is 0.778 bits per heavy atom. The third-order valence-electron chi connectivity index (χ3n) is 7.74. The van der Waals surface area contributed by atoms with Crippen molar-refractivity contribution >= 4 is 44.9 Å². The number of thiophene rings is 1. The number of carboxylic acid groups (broad SMARTS) is 1. The normalized spacial score (nSPS) is 16.1. The summed E-state index contributed by atoms with van der Waals surface area (Å²) in [6, 6.07) is 31.1. The molecule has 4 aromatic carbocycles. The van der Waals surface area contributed by atoms with Crippen LogP contribution >= 0.6 is 11.3 Å². The predicted octanol–water partition coefficient (Wildman–Crippen LogP) is 7.69. The molecule has 1 saturated carbocycles. The third kappa shape index (κ3) is 7.69. The number of hydrogen-bond donors (Lipinski definition) is 3. The quantitative estimate of drug-likeness (QED) is 0.148. The van der Waals surface area contributed by atoms with Crippen LogP contribution in [-0.4, -0.2) is 35.0 Å². The Morgan fingerprint density at radius 2 is 1.42 bits per heavy atom. The maximum absolute atomic E-state index is 12.8. The van der Waals surface area contributed by atoms with Crippen molar-refractivity contribution in [3.05, 3.63) is 119 Å². The number of benzene rings is 4. The number of anilines is 1. The molecular formula is C36H32N2O6S. The summed E-state index contributed by atoms with van der Waals surface area (Å²) in [5.41, 5.74) is 1.08. The topological polar surface area (TPSA) is 114 Å². The summed E-state index contributed by atoms with van der Waals surface area (Å²) >= 11 is 1.52. The Labute approximate surface area is 264 Å². The number of nitrogens with one attached hydrogen (secondary N) is 2. The van der Waals surface area contributed by atoms with Crippen molar-refractivity contribution in [2.45, 2.75) is 44.2 Å². The van der Waals surface area contributed by atoms with Crippen molar-refractivity contribution < 1.29 is 29.0 Å². The first-order valence-electron chi connectivity index (χ1n) is 14.8. The van der Waals surface area contributed by atoms with E-state index in [1.165, 1.54) is 17.4 Å². The van der Waals surface area contributed by atoms with E-state index in [4.69, 9.17) is 9.47 Å². The number of ether oxygens (including phenoxy) is 2. The Balaban J connectivity index is 0.942. The summed E-state index contributed by atoms with van der Waals surface area (Å²) < 4.78 is 13.3. The van der Waals surface area contributed by atoms with Crippen LogP contribution in [0.4, 0.5) is 5.69 Å². The fourth-order valence-electron chi connectivity index (χ4n) is 5.42. The molecule has 0 atom stereocenters. The lowest BCUT2D eigenvalue weighted by Gasteiger charge is -2.29. The molecule has 1 aliphatic rings. The highest BCUT2D eigenvalue weighted by Crippen LogP contribution is 2.29. The van der Waals surface area contributed by atoms with Crippen LogP contribution in [0.5, 0.6) is 17.2 Å². The van der Waals surface area contributed by atoms with Crippen LogP contribution in [0, 0.1) is 0 Å². The molecular weight excluding hydrogens is 588 g/mol. The van der Waals surface area contributed by atoms with Gasteiger partial charge in [0.1, 0.15) is 17.2 Å². The zero-order chi connectivity index (χ0) is 31.2. The molecule has 0 saturated heterocycles. The Bertz CT molecular complexity index is 1770. The molecule has 45 heavy (non-hydrogen) atoms. The van der Waals surface area contributed by atoms with Crippen LogP contribution in [0.1, 0.15) is 51.3 Å². The minimum absolute atomic E-state index is 0.00423. The lowest BCUT2D eigenvalue weighted by molar-refractivity contribution is -0.115. The van der Waals surface area contributed by atoms with E-state index in [0.29, 0.717) is 11.5 Å². The lowest BCUT2D eigenvalue weighted by Crippen LogP contribution is -2.39. The van der Waals surface area contributed by atoms with E-state index in [1.54, 1.807) is 42.5 Å². The van der Waals surface area contributed by atoms with E-state index in [1.807, 2.05) is 54.6 Å². The van der Waals surface area contributed by atoms with Crippen molar-refractivity contribution in [1.29, 1.82) is 0 Å². The van der Waals surface area contributed by atoms with Gasteiger partial charge in [-0.15, -0.1) is 11.3 Å². The number of hydrogen-bond acceptors (Lipinski definition) is 6. The van der Waals surface area contributed by atoms with Crippen molar-refractivity contribution in [2.75, 3.05) is 5.32 Å². The highest BCUT2D eigenvalue weighted by atomic mass is 32.1. The Kier molecular flexibility index (Phi) is 9.07. The lowest BCUT2D eigenvalue weighted by atomic mass is 9.93. The molecule has 1 fully saturated rings. The number of para-hydroxylation sites is 1. The summed E-state index contributed by atoms with van der Waals surface area (Å²) in [5.74, 6) is 0.645. The van der Waals surface area contributed by atoms with Crippen molar-refractivity contribution in [2.24, 2.45) is 0 Å².